The molecule has 11 heteroatoms. The monoisotopic (exact) mass is 408 g/mol. The second-order valence-corrected chi connectivity index (χ2v) is 6.82. The summed E-state index contributed by atoms with van der Waals surface area (Å²) in [6, 6.07) is 6.67. The molecule has 6 atom stereocenters. The number of benzene rings is 1. The number of carboxylic acids is 1. The van der Waals surface area contributed by atoms with Crippen LogP contribution in [0.1, 0.15) is 18.9 Å². The van der Waals surface area contributed by atoms with Crippen LogP contribution in [0.3, 0.4) is 0 Å². The Morgan fingerprint density at radius 2 is 1.72 bits per heavy atom. The second kappa shape index (κ2) is 7.52. The molecule has 1 aromatic carbocycles. The molecule has 1 aromatic rings. The fourth-order valence-electron chi connectivity index (χ4n) is 3.66. The number of aliphatic hydroxyl groups is 3. The number of aliphatic hydroxyl groups excluding tert-OH is 3. The molecule has 0 radical (unpaired) electrons. The van der Waals surface area contributed by atoms with Gasteiger partial charge < -0.3 is 25.2 Å². The lowest BCUT2D eigenvalue weighted by molar-refractivity contribution is -0.252. The molecule has 2 aliphatic rings. The fourth-order valence-corrected chi connectivity index (χ4v) is 3.66. The molecule has 0 saturated carbocycles. The Labute approximate surface area is 164 Å². The van der Waals surface area contributed by atoms with E-state index in [1.54, 1.807) is 25.1 Å². The van der Waals surface area contributed by atoms with Gasteiger partial charge in [-0.3, -0.25) is 14.9 Å². The predicted molar refractivity (Wildman–Crippen MR) is 93.1 cm³/mol. The van der Waals surface area contributed by atoms with Crippen molar-refractivity contribution in [3.05, 3.63) is 35.9 Å². The fraction of sp³-hybridized carbons (Fsp3) is 0.444. The third-order valence-electron chi connectivity index (χ3n) is 5.29. The summed E-state index contributed by atoms with van der Waals surface area (Å²) in [5.41, 5.74) is -1.55. The highest BCUT2D eigenvalue weighted by molar-refractivity contribution is 6.23. The van der Waals surface area contributed by atoms with Crippen molar-refractivity contribution in [1.29, 1.82) is 0 Å². The minimum Gasteiger partial charge on any atom is -0.479 e. The molecule has 2 heterocycles. The summed E-state index contributed by atoms with van der Waals surface area (Å²) >= 11 is 0. The first-order valence-electron chi connectivity index (χ1n) is 8.83. The smallest absolute Gasteiger partial charge is 0.335 e. The number of nitrogens with one attached hydrogen (secondary N) is 1. The molecule has 11 nitrogen and oxygen atoms in total. The zero-order valence-electron chi connectivity index (χ0n) is 15.3. The van der Waals surface area contributed by atoms with E-state index in [-0.39, 0.29) is 12.0 Å². The molecule has 0 aromatic heterocycles. The van der Waals surface area contributed by atoms with E-state index in [2.05, 4.69) is 0 Å². The van der Waals surface area contributed by atoms with Crippen molar-refractivity contribution in [2.45, 2.75) is 49.4 Å². The van der Waals surface area contributed by atoms with Gasteiger partial charge in [0.15, 0.2) is 17.7 Å². The number of nitrogens with zero attached hydrogens (tertiary/aromatic N) is 1. The number of urea groups is 1. The summed E-state index contributed by atoms with van der Waals surface area (Å²) < 4.78 is 5.11. The van der Waals surface area contributed by atoms with Crippen molar-refractivity contribution < 1.29 is 44.3 Å². The maximum absolute atomic E-state index is 13.4. The molecular formula is C18H20N2O9. The number of rotatable bonds is 4. The van der Waals surface area contributed by atoms with Gasteiger partial charge in [-0.2, -0.15) is 0 Å². The Hall–Kier alpha value is -2.86. The van der Waals surface area contributed by atoms with Gasteiger partial charge in [-0.15, -0.1) is 0 Å². The Balaban J connectivity index is 2.07. The molecule has 5 N–H and O–H groups in total. The maximum Gasteiger partial charge on any atom is 0.335 e. The molecule has 0 bridgehead atoms. The highest BCUT2D eigenvalue weighted by Gasteiger charge is 2.59. The van der Waals surface area contributed by atoms with Gasteiger partial charge in [-0.05, 0) is 12.0 Å². The first-order chi connectivity index (χ1) is 13.7. The Bertz CT molecular complexity index is 845. The van der Waals surface area contributed by atoms with Crippen LogP contribution >= 0.6 is 0 Å². The highest BCUT2D eigenvalue weighted by Crippen LogP contribution is 2.36. The van der Waals surface area contributed by atoms with Crippen molar-refractivity contribution >= 4 is 23.8 Å². The van der Waals surface area contributed by atoms with Gasteiger partial charge in [0.1, 0.15) is 18.3 Å². The highest BCUT2D eigenvalue weighted by atomic mass is 16.6. The van der Waals surface area contributed by atoms with Gasteiger partial charge in [0.05, 0.1) is 0 Å². The van der Waals surface area contributed by atoms with E-state index in [1.165, 1.54) is 12.1 Å². The number of carbonyl (C=O) groups excluding carboxylic acids is 3. The number of hydrogen-bond donors (Lipinski definition) is 5. The molecule has 156 valence electrons. The molecule has 0 spiro atoms. The number of amides is 4. The van der Waals surface area contributed by atoms with E-state index < -0.39 is 59.9 Å². The van der Waals surface area contributed by atoms with Crippen LogP contribution in [0.2, 0.25) is 0 Å². The van der Waals surface area contributed by atoms with E-state index in [1.807, 2.05) is 5.32 Å². The number of imide groups is 2. The van der Waals surface area contributed by atoms with E-state index in [4.69, 9.17) is 4.74 Å². The van der Waals surface area contributed by atoms with E-state index in [9.17, 15) is 39.6 Å². The Kier molecular flexibility index (Phi) is 5.41. The Morgan fingerprint density at radius 1 is 1.10 bits per heavy atom. The zero-order chi connectivity index (χ0) is 21.5. The number of barbiturate groups is 1. The van der Waals surface area contributed by atoms with Gasteiger partial charge in [0.2, 0.25) is 5.91 Å². The molecule has 4 amide bonds. The average molecular weight is 408 g/mol. The van der Waals surface area contributed by atoms with Gasteiger partial charge in [-0.25, -0.2) is 14.5 Å². The standard InChI is InChI=1S/C18H20N2O9/c1-2-18(8-6-4-3-5-7-8)15(26)19-17(28)20(16(18)27)13-11(23)9(21)10(22)12(29-13)14(24)25/h3-7,9-13,21-23H,2H2,1H3,(H,24,25)(H,19,26,28)/t9-,10-,11+,12-,13?,18-/m0/s1. The summed E-state index contributed by atoms with van der Waals surface area (Å²) in [7, 11) is 0. The lowest BCUT2D eigenvalue weighted by atomic mass is 9.74. The quantitative estimate of drug-likeness (QED) is 0.364. The SMILES string of the molecule is CC[C@]1(c2ccccc2)C(=O)NC(=O)N(C2O[C@H](C(=O)O)[C@@H](O)[C@H](O)[C@H]2O)C1=O. The van der Waals surface area contributed by atoms with Crippen molar-refractivity contribution in [3.8, 4) is 0 Å². The van der Waals surface area contributed by atoms with Crippen molar-refractivity contribution in [1.82, 2.24) is 10.2 Å². The lowest BCUT2D eigenvalue weighted by Crippen LogP contribution is -2.73. The average Bonchev–Trinajstić information content (AvgIpc) is 2.69. The van der Waals surface area contributed by atoms with Crippen molar-refractivity contribution in [2.24, 2.45) is 0 Å². The van der Waals surface area contributed by atoms with Crippen LogP contribution in [0, 0.1) is 0 Å². The number of hydrogen-bond acceptors (Lipinski definition) is 8. The zero-order valence-corrected chi connectivity index (χ0v) is 15.3. The maximum atomic E-state index is 13.4. The predicted octanol–water partition coefficient (Wildman–Crippen LogP) is -1.69. The minimum absolute atomic E-state index is 0.0538. The summed E-state index contributed by atoms with van der Waals surface area (Å²) in [6.07, 6.45) is -10.0. The molecule has 3 rings (SSSR count). The second-order valence-electron chi connectivity index (χ2n) is 6.82. The van der Waals surface area contributed by atoms with Crippen molar-refractivity contribution in [3.63, 3.8) is 0 Å². The summed E-state index contributed by atoms with van der Waals surface area (Å²) in [5, 5.41) is 41.4. The number of ether oxygens (including phenoxy) is 1. The van der Waals surface area contributed by atoms with Crippen LogP contribution in [-0.4, -0.2) is 79.8 Å². The van der Waals surface area contributed by atoms with Crippen LogP contribution in [0.25, 0.3) is 0 Å². The van der Waals surface area contributed by atoms with Crippen LogP contribution in [-0.2, 0) is 24.5 Å². The third kappa shape index (κ3) is 3.08. The first kappa shape index (κ1) is 20.9. The van der Waals surface area contributed by atoms with Gasteiger partial charge in [0.25, 0.3) is 5.91 Å². The van der Waals surface area contributed by atoms with Crippen molar-refractivity contribution in [2.75, 3.05) is 0 Å². The molecule has 29 heavy (non-hydrogen) atoms. The van der Waals surface area contributed by atoms with Crippen LogP contribution in [0.15, 0.2) is 30.3 Å². The summed E-state index contributed by atoms with van der Waals surface area (Å²) in [4.78, 5) is 50.2. The lowest BCUT2D eigenvalue weighted by Gasteiger charge is -2.47. The van der Waals surface area contributed by atoms with E-state index >= 15 is 0 Å². The third-order valence-corrected chi connectivity index (χ3v) is 5.29. The summed E-state index contributed by atoms with van der Waals surface area (Å²) in [5.74, 6) is -3.59. The summed E-state index contributed by atoms with van der Waals surface area (Å²) in [6.45, 7) is 1.55. The number of carbonyl (C=O) groups is 4. The minimum atomic E-state index is -2.01. The Morgan fingerprint density at radius 3 is 2.28 bits per heavy atom. The number of carboxylic acid groups (broad SMARTS) is 1. The normalized spacial score (nSPS) is 35.4. The molecule has 2 aliphatic heterocycles. The topological polar surface area (TPSA) is 174 Å². The molecule has 1 unspecified atom stereocenters. The molecule has 2 fully saturated rings. The van der Waals surface area contributed by atoms with Gasteiger partial charge in [-0.1, -0.05) is 37.3 Å². The van der Waals surface area contributed by atoms with Gasteiger partial charge in [0, 0.05) is 0 Å². The van der Waals surface area contributed by atoms with Crippen LogP contribution in [0.4, 0.5) is 4.79 Å². The molecule has 2 saturated heterocycles. The van der Waals surface area contributed by atoms with Crippen LogP contribution < -0.4 is 5.32 Å². The number of aliphatic carboxylic acids is 1. The van der Waals surface area contributed by atoms with Crippen LogP contribution in [0.5, 0.6) is 0 Å². The first-order valence-corrected chi connectivity index (χ1v) is 8.83. The molecular weight excluding hydrogens is 388 g/mol. The van der Waals surface area contributed by atoms with E-state index in [0.717, 1.165) is 0 Å². The molecule has 0 aliphatic carbocycles. The van der Waals surface area contributed by atoms with E-state index in [0.29, 0.717) is 4.90 Å². The largest absolute Gasteiger partial charge is 0.479 e. The van der Waals surface area contributed by atoms with Gasteiger partial charge >= 0.3 is 12.0 Å².